The number of rotatable bonds is 9. The number of nitrogens with one attached hydrogen (secondary N) is 2. The molecule has 0 bridgehead atoms. The van der Waals surface area contributed by atoms with E-state index in [0.29, 0.717) is 11.4 Å². The third-order valence-electron chi connectivity index (χ3n) is 3.73. The Balaban J connectivity index is 1.86. The van der Waals surface area contributed by atoms with Gasteiger partial charge in [0.15, 0.2) is 0 Å². The van der Waals surface area contributed by atoms with E-state index in [2.05, 4.69) is 10.6 Å². The van der Waals surface area contributed by atoms with Crippen molar-refractivity contribution in [2.75, 3.05) is 10.6 Å². The van der Waals surface area contributed by atoms with Gasteiger partial charge in [0.05, 0.1) is 16.6 Å². The molecule has 152 valence electrons. The third-order valence-corrected chi connectivity index (χ3v) is 4.84. The van der Waals surface area contributed by atoms with Crippen LogP contribution in [0.15, 0.2) is 53.4 Å². The van der Waals surface area contributed by atoms with E-state index in [1.807, 2.05) is 0 Å². The summed E-state index contributed by atoms with van der Waals surface area (Å²) in [6, 6.07) is 12.4. The van der Waals surface area contributed by atoms with E-state index in [1.165, 1.54) is 36.0 Å². The van der Waals surface area contributed by atoms with Gasteiger partial charge >= 0.3 is 5.97 Å². The summed E-state index contributed by atoms with van der Waals surface area (Å²) in [7, 11) is 0. The monoisotopic (exact) mass is 417 g/mol. The van der Waals surface area contributed by atoms with Crippen molar-refractivity contribution in [3.63, 3.8) is 0 Å². The summed E-state index contributed by atoms with van der Waals surface area (Å²) < 4.78 is 0. The molecule has 0 spiro atoms. The average Bonchev–Trinajstić information content (AvgIpc) is 2.68. The highest BCUT2D eigenvalue weighted by Crippen LogP contribution is 2.26. The number of benzene rings is 2. The van der Waals surface area contributed by atoms with Crippen molar-refractivity contribution >= 4 is 46.6 Å². The van der Waals surface area contributed by atoms with Crippen molar-refractivity contribution in [2.45, 2.75) is 29.9 Å². The molecular formula is C19H19N3O6S. The first-order valence-corrected chi connectivity index (χ1v) is 9.46. The normalized spacial score (nSPS) is 11.3. The summed E-state index contributed by atoms with van der Waals surface area (Å²) in [5, 5.41) is 24.1. The number of carboxylic acids is 1. The van der Waals surface area contributed by atoms with Crippen LogP contribution in [0.25, 0.3) is 0 Å². The minimum absolute atomic E-state index is 0.0550. The zero-order valence-corrected chi connectivity index (χ0v) is 16.3. The second-order valence-corrected chi connectivity index (χ2v) is 7.43. The molecule has 2 aromatic carbocycles. The van der Waals surface area contributed by atoms with E-state index >= 15 is 0 Å². The van der Waals surface area contributed by atoms with Crippen LogP contribution < -0.4 is 10.6 Å². The molecule has 0 fully saturated rings. The molecule has 10 heteroatoms. The van der Waals surface area contributed by atoms with Gasteiger partial charge in [0.25, 0.3) is 5.69 Å². The SMILES string of the molecule is C[C@@H](Sc1ccc(NC(=O)CCC(=O)O)cc1)C(=O)Nc1ccc([N+](=O)[O-])cc1. The van der Waals surface area contributed by atoms with Crippen molar-refractivity contribution in [2.24, 2.45) is 0 Å². The minimum atomic E-state index is -1.03. The summed E-state index contributed by atoms with van der Waals surface area (Å²) in [6.07, 6.45) is -0.340. The molecule has 0 radical (unpaired) electrons. The molecule has 0 saturated carbocycles. The number of aliphatic carboxylic acids is 1. The average molecular weight is 417 g/mol. The number of anilines is 2. The molecule has 0 aromatic heterocycles. The number of thioether (sulfide) groups is 1. The Morgan fingerprint density at radius 3 is 2.10 bits per heavy atom. The van der Waals surface area contributed by atoms with Crippen LogP contribution in [0.5, 0.6) is 0 Å². The van der Waals surface area contributed by atoms with Crippen LogP contribution in [0.3, 0.4) is 0 Å². The molecule has 0 aliphatic rings. The van der Waals surface area contributed by atoms with E-state index in [9.17, 15) is 24.5 Å². The number of hydrogen-bond donors (Lipinski definition) is 3. The first kappa shape index (κ1) is 21.9. The van der Waals surface area contributed by atoms with Crippen LogP contribution in [0.4, 0.5) is 17.1 Å². The van der Waals surface area contributed by atoms with Gasteiger partial charge in [-0.25, -0.2) is 0 Å². The van der Waals surface area contributed by atoms with E-state index in [4.69, 9.17) is 5.11 Å². The standard InChI is InChI=1S/C19H19N3O6S/c1-12(19(26)21-14-2-6-15(7-3-14)22(27)28)29-16-8-4-13(5-9-16)20-17(23)10-11-18(24)25/h2-9,12H,10-11H2,1H3,(H,20,23)(H,21,26)(H,24,25)/t12-/m1/s1. The second-order valence-electron chi connectivity index (χ2n) is 6.02. The van der Waals surface area contributed by atoms with E-state index < -0.39 is 16.1 Å². The molecule has 0 heterocycles. The van der Waals surface area contributed by atoms with Gasteiger partial charge in [-0.1, -0.05) is 0 Å². The lowest BCUT2D eigenvalue weighted by Gasteiger charge is -2.12. The zero-order chi connectivity index (χ0) is 21.4. The summed E-state index contributed by atoms with van der Waals surface area (Å²) in [6.45, 7) is 1.73. The fraction of sp³-hybridized carbons (Fsp3) is 0.211. The summed E-state index contributed by atoms with van der Waals surface area (Å²) in [4.78, 5) is 45.4. The Labute approximate surface area is 170 Å². The van der Waals surface area contributed by atoms with Crippen LogP contribution >= 0.6 is 11.8 Å². The maximum absolute atomic E-state index is 12.3. The largest absolute Gasteiger partial charge is 0.481 e. The maximum Gasteiger partial charge on any atom is 0.303 e. The minimum Gasteiger partial charge on any atom is -0.481 e. The number of carbonyl (C=O) groups excluding carboxylic acids is 2. The quantitative estimate of drug-likeness (QED) is 0.322. The van der Waals surface area contributed by atoms with Crippen LogP contribution in [-0.4, -0.2) is 33.1 Å². The topological polar surface area (TPSA) is 139 Å². The summed E-state index contributed by atoms with van der Waals surface area (Å²) in [5.41, 5.74) is 0.945. The lowest BCUT2D eigenvalue weighted by atomic mass is 10.2. The van der Waals surface area contributed by atoms with Crippen LogP contribution in [0, 0.1) is 10.1 Å². The maximum atomic E-state index is 12.3. The number of carbonyl (C=O) groups is 3. The van der Waals surface area contributed by atoms with Crippen molar-refractivity contribution in [1.29, 1.82) is 0 Å². The molecule has 0 aliphatic heterocycles. The van der Waals surface area contributed by atoms with Gasteiger partial charge in [0.1, 0.15) is 0 Å². The predicted molar refractivity (Wildman–Crippen MR) is 109 cm³/mol. The Kier molecular flexibility index (Phi) is 7.72. The van der Waals surface area contributed by atoms with Crippen LogP contribution in [0.2, 0.25) is 0 Å². The number of carboxylic acid groups (broad SMARTS) is 1. The van der Waals surface area contributed by atoms with E-state index in [-0.39, 0.29) is 30.3 Å². The summed E-state index contributed by atoms with van der Waals surface area (Å²) >= 11 is 1.31. The molecule has 0 unspecified atom stereocenters. The molecule has 3 N–H and O–H groups in total. The van der Waals surface area contributed by atoms with Crippen molar-refractivity contribution in [1.82, 2.24) is 0 Å². The Morgan fingerprint density at radius 1 is 1.00 bits per heavy atom. The van der Waals surface area contributed by atoms with Crippen LogP contribution in [-0.2, 0) is 14.4 Å². The number of nitro benzene ring substituents is 1. The smallest absolute Gasteiger partial charge is 0.303 e. The molecule has 29 heavy (non-hydrogen) atoms. The first-order chi connectivity index (χ1) is 13.7. The molecule has 0 aliphatic carbocycles. The molecule has 2 aromatic rings. The fourth-order valence-corrected chi connectivity index (χ4v) is 3.10. The predicted octanol–water partition coefficient (Wildman–Crippen LogP) is 3.52. The van der Waals surface area contributed by atoms with Crippen molar-refractivity contribution in [3.8, 4) is 0 Å². The molecule has 2 rings (SSSR count). The lowest BCUT2D eigenvalue weighted by Crippen LogP contribution is -2.22. The number of nitrogens with zero attached hydrogens (tertiary/aromatic N) is 1. The number of nitro groups is 1. The number of hydrogen-bond acceptors (Lipinski definition) is 6. The lowest BCUT2D eigenvalue weighted by molar-refractivity contribution is -0.384. The van der Waals surface area contributed by atoms with Crippen molar-refractivity contribution < 1.29 is 24.4 Å². The highest BCUT2D eigenvalue weighted by Gasteiger charge is 2.15. The Hall–Kier alpha value is -3.40. The first-order valence-electron chi connectivity index (χ1n) is 8.58. The Bertz CT molecular complexity index is 899. The van der Waals surface area contributed by atoms with Gasteiger partial charge in [-0.15, -0.1) is 11.8 Å². The highest BCUT2D eigenvalue weighted by atomic mass is 32.2. The second kappa shape index (κ2) is 10.2. The molecular weight excluding hydrogens is 398 g/mol. The van der Waals surface area contributed by atoms with Gasteiger partial charge in [0, 0.05) is 34.8 Å². The van der Waals surface area contributed by atoms with Gasteiger partial charge < -0.3 is 15.7 Å². The highest BCUT2D eigenvalue weighted by molar-refractivity contribution is 8.00. The van der Waals surface area contributed by atoms with Crippen molar-refractivity contribution in [3.05, 3.63) is 58.6 Å². The van der Waals surface area contributed by atoms with Crippen LogP contribution in [0.1, 0.15) is 19.8 Å². The molecule has 2 amide bonds. The van der Waals surface area contributed by atoms with Gasteiger partial charge in [-0.2, -0.15) is 0 Å². The van der Waals surface area contributed by atoms with Gasteiger partial charge in [-0.3, -0.25) is 24.5 Å². The van der Waals surface area contributed by atoms with E-state index in [0.717, 1.165) is 4.90 Å². The molecule has 0 saturated heterocycles. The third kappa shape index (κ3) is 7.26. The fourth-order valence-electron chi connectivity index (χ4n) is 2.23. The number of amides is 2. The number of non-ortho nitro benzene ring substituents is 1. The molecule has 1 atom stereocenters. The van der Waals surface area contributed by atoms with E-state index in [1.54, 1.807) is 31.2 Å². The van der Waals surface area contributed by atoms with Gasteiger partial charge in [0.2, 0.25) is 11.8 Å². The zero-order valence-electron chi connectivity index (χ0n) is 15.5. The molecule has 9 nitrogen and oxygen atoms in total. The summed E-state index contributed by atoms with van der Waals surface area (Å²) in [5.74, 6) is -1.67. The van der Waals surface area contributed by atoms with Gasteiger partial charge in [-0.05, 0) is 43.3 Å². The Morgan fingerprint density at radius 2 is 1.55 bits per heavy atom.